The van der Waals surface area contributed by atoms with E-state index in [2.05, 4.69) is 4.72 Å². The molecule has 2 aromatic carbocycles. The molecule has 0 bridgehead atoms. The molecule has 1 aliphatic heterocycles. The number of carbonyl (C=O) groups excluding carboxylic acids is 1. The van der Waals surface area contributed by atoms with Crippen molar-refractivity contribution < 1.29 is 21.6 Å². The van der Waals surface area contributed by atoms with Crippen LogP contribution in [0.25, 0.3) is 0 Å². The Bertz CT molecular complexity index is 1130. The average Bonchev–Trinajstić information content (AvgIpc) is 2.74. The second kappa shape index (κ2) is 6.59. The maximum Gasteiger partial charge on any atom is 0.261 e. The number of benzene rings is 2. The van der Waals surface area contributed by atoms with Crippen molar-refractivity contribution >= 4 is 37.3 Å². The van der Waals surface area contributed by atoms with E-state index in [1.165, 1.54) is 24.3 Å². The molecule has 9 heteroatoms. The number of nitrogens with zero attached hydrogens (tertiary/aromatic N) is 1. The molecule has 1 aliphatic rings. The summed E-state index contributed by atoms with van der Waals surface area (Å²) < 4.78 is 53.5. The number of para-hydroxylation sites is 1. The van der Waals surface area contributed by atoms with E-state index in [4.69, 9.17) is 0 Å². The van der Waals surface area contributed by atoms with Gasteiger partial charge in [-0.3, -0.25) is 9.52 Å². The maximum absolute atomic E-state index is 12.7. The van der Waals surface area contributed by atoms with Crippen molar-refractivity contribution in [3.63, 3.8) is 0 Å². The largest absolute Gasteiger partial charge is 0.279 e. The predicted molar refractivity (Wildman–Crippen MR) is 108 cm³/mol. The lowest BCUT2D eigenvalue weighted by Gasteiger charge is -2.18. The highest BCUT2D eigenvalue weighted by Crippen LogP contribution is 2.36. The zero-order valence-electron chi connectivity index (χ0n) is 16.1. The summed E-state index contributed by atoms with van der Waals surface area (Å²) in [4.78, 5) is 12.4. The fourth-order valence-electron chi connectivity index (χ4n) is 3.19. The third kappa shape index (κ3) is 3.51. The fourth-order valence-corrected chi connectivity index (χ4v) is 6.50. The van der Waals surface area contributed by atoms with E-state index in [-0.39, 0.29) is 16.3 Å². The summed E-state index contributed by atoms with van der Waals surface area (Å²) in [6.07, 6.45) is 0. The summed E-state index contributed by atoms with van der Waals surface area (Å²) in [5, 5.41) is 0. The van der Waals surface area contributed by atoms with Gasteiger partial charge in [0.25, 0.3) is 10.0 Å². The SMILES string of the molecule is Cc1cccc(C)c1NS(=O)(=O)c1ccc(N2C(=O)C(C)(C)CS2(=O)=O)cc1. The molecule has 0 aromatic heterocycles. The normalized spacial score (nSPS) is 18.3. The van der Waals surface area contributed by atoms with Crippen molar-refractivity contribution in [2.75, 3.05) is 14.8 Å². The quantitative estimate of drug-likeness (QED) is 0.817. The third-order valence-corrected chi connectivity index (χ3v) is 8.07. The van der Waals surface area contributed by atoms with Crippen molar-refractivity contribution in [2.24, 2.45) is 5.41 Å². The van der Waals surface area contributed by atoms with Gasteiger partial charge < -0.3 is 0 Å². The summed E-state index contributed by atoms with van der Waals surface area (Å²) in [7, 11) is -7.65. The van der Waals surface area contributed by atoms with Gasteiger partial charge >= 0.3 is 0 Å². The van der Waals surface area contributed by atoms with E-state index in [9.17, 15) is 21.6 Å². The summed E-state index contributed by atoms with van der Waals surface area (Å²) in [6, 6.07) is 10.7. The monoisotopic (exact) mass is 422 g/mol. The first-order valence-corrected chi connectivity index (χ1v) is 11.7. The van der Waals surface area contributed by atoms with Crippen LogP contribution in [0.2, 0.25) is 0 Å². The fraction of sp³-hybridized carbons (Fsp3) is 0.316. The molecule has 7 nitrogen and oxygen atoms in total. The van der Waals surface area contributed by atoms with E-state index >= 15 is 0 Å². The molecule has 0 atom stereocenters. The van der Waals surface area contributed by atoms with Crippen LogP contribution < -0.4 is 9.03 Å². The molecule has 2 aromatic rings. The minimum atomic E-state index is -3.87. The highest BCUT2D eigenvalue weighted by atomic mass is 32.2. The zero-order chi connectivity index (χ0) is 20.9. The van der Waals surface area contributed by atoms with Crippen LogP contribution in [0.3, 0.4) is 0 Å². The van der Waals surface area contributed by atoms with Crippen LogP contribution in [0.4, 0.5) is 11.4 Å². The third-order valence-electron chi connectivity index (χ3n) is 4.68. The molecule has 0 aliphatic carbocycles. The molecule has 0 unspecified atom stereocenters. The number of sulfonamides is 2. The van der Waals surface area contributed by atoms with Gasteiger partial charge in [0.05, 0.1) is 27.4 Å². The molecule has 3 rings (SSSR count). The molecular formula is C19H22N2O5S2. The average molecular weight is 423 g/mol. The first kappa shape index (κ1) is 20.3. The maximum atomic E-state index is 12.7. The molecule has 0 spiro atoms. The number of nitrogens with one attached hydrogen (secondary N) is 1. The Labute approximate surface area is 165 Å². The van der Waals surface area contributed by atoms with Crippen LogP contribution in [-0.2, 0) is 24.8 Å². The number of rotatable bonds is 4. The van der Waals surface area contributed by atoms with Gasteiger partial charge in [-0.1, -0.05) is 18.2 Å². The van der Waals surface area contributed by atoms with Crippen molar-refractivity contribution in [1.82, 2.24) is 0 Å². The predicted octanol–water partition coefficient (Wildman–Crippen LogP) is 2.81. The van der Waals surface area contributed by atoms with E-state index in [1.54, 1.807) is 39.8 Å². The molecule has 1 saturated heterocycles. The molecule has 1 N–H and O–H groups in total. The minimum Gasteiger partial charge on any atom is -0.279 e. The van der Waals surface area contributed by atoms with Crippen LogP contribution in [-0.4, -0.2) is 28.5 Å². The van der Waals surface area contributed by atoms with Gasteiger partial charge in [-0.25, -0.2) is 21.1 Å². The van der Waals surface area contributed by atoms with Crippen LogP contribution in [0, 0.1) is 19.3 Å². The van der Waals surface area contributed by atoms with Gasteiger partial charge in [0, 0.05) is 0 Å². The summed E-state index contributed by atoms with van der Waals surface area (Å²) in [6.45, 7) is 6.75. The lowest BCUT2D eigenvalue weighted by Crippen LogP contribution is -2.32. The van der Waals surface area contributed by atoms with Crippen molar-refractivity contribution in [1.29, 1.82) is 0 Å². The number of aryl methyl sites for hydroxylation is 2. The Hall–Kier alpha value is -2.39. The molecule has 1 amide bonds. The smallest absolute Gasteiger partial charge is 0.261 e. The molecule has 150 valence electrons. The van der Waals surface area contributed by atoms with Crippen LogP contribution >= 0.6 is 0 Å². The molecular weight excluding hydrogens is 400 g/mol. The van der Waals surface area contributed by atoms with Crippen LogP contribution in [0.15, 0.2) is 47.4 Å². The molecule has 0 saturated carbocycles. The Morgan fingerprint density at radius 3 is 2.00 bits per heavy atom. The second-order valence-electron chi connectivity index (χ2n) is 7.58. The van der Waals surface area contributed by atoms with Crippen molar-refractivity contribution in [2.45, 2.75) is 32.6 Å². The van der Waals surface area contributed by atoms with Gasteiger partial charge in [0.1, 0.15) is 0 Å². The van der Waals surface area contributed by atoms with Crippen LogP contribution in [0.1, 0.15) is 25.0 Å². The lowest BCUT2D eigenvalue weighted by molar-refractivity contribution is -0.123. The van der Waals surface area contributed by atoms with Gasteiger partial charge in [0.2, 0.25) is 15.9 Å². The van der Waals surface area contributed by atoms with Gasteiger partial charge in [-0.2, -0.15) is 0 Å². The zero-order valence-corrected chi connectivity index (χ0v) is 17.7. The van der Waals surface area contributed by atoms with Crippen LogP contribution in [0.5, 0.6) is 0 Å². The van der Waals surface area contributed by atoms with E-state index in [1.807, 2.05) is 6.07 Å². The summed E-state index contributed by atoms with van der Waals surface area (Å²) >= 11 is 0. The number of hydrogen-bond donors (Lipinski definition) is 1. The van der Waals surface area contributed by atoms with E-state index in [0.717, 1.165) is 15.4 Å². The second-order valence-corrected chi connectivity index (χ2v) is 11.1. The van der Waals surface area contributed by atoms with Gasteiger partial charge in [-0.15, -0.1) is 0 Å². The first-order chi connectivity index (χ1) is 12.8. The Kier molecular flexibility index (Phi) is 4.79. The molecule has 1 heterocycles. The summed E-state index contributed by atoms with van der Waals surface area (Å²) in [5.74, 6) is -0.815. The Balaban J connectivity index is 1.94. The summed E-state index contributed by atoms with van der Waals surface area (Å²) in [5.41, 5.74) is 1.19. The highest BCUT2D eigenvalue weighted by molar-refractivity contribution is 7.94. The molecule has 1 fully saturated rings. The number of carbonyl (C=O) groups is 1. The highest BCUT2D eigenvalue weighted by Gasteiger charge is 2.49. The topological polar surface area (TPSA) is 101 Å². The first-order valence-electron chi connectivity index (χ1n) is 8.62. The lowest BCUT2D eigenvalue weighted by atomic mass is 9.95. The van der Waals surface area contributed by atoms with E-state index < -0.39 is 31.4 Å². The van der Waals surface area contributed by atoms with E-state index in [0.29, 0.717) is 5.69 Å². The van der Waals surface area contributed by atoms with Crippen molar-refractivity contribution in [3.05, 3.63) is 53.6 Å². The number of amides is 1. The number of anilines is 2. The van der Waals surface area contributed by atoms with Crippen molar-refractivity contribution in [3.8, 4) is 0 Å². The Morgan fingerprint density at radius 1 is 1.00 bits per heavy atom. The minimum absolute atomic E-state index is 0.0257. The van der Waals surface area contributed by atoms with Gasteiger partial charge in [0.15, 0.2) is 0 Å². The molecule has 28 heavy (non-hydrogen) atoms. The van der Waals surface area contributed by atoms with Gasteiger partial charge in [-0.05, 0) is 63.1 Å². The standard InChI is InChI=1S/C19H22N2O5S2/c1-13-6-5-7-14(2)17(13)20-28(25,26)16-10-8-15(9-11-16)21-18(22)19(3,4)12-27(21,23)24/h5-11,20H,12H2,1-4H3. The molecule has 0 radical (unpaired) electrons. The number of hydrogen-bond acceptors (Lipinski definition) is 5. The Morgan fingerprint density at radius 2 is 1.54 bits per heavy atom.